The molecular weight excluding hydrogens is 323 g/mol. The Morgan fingerprint density at radius 3 is 2.92 bits per heavy atom. The molecule has 0 bridgehead atoms. The topological polar surface area (TPSA) is 102 Å². The maximum atomic E-state index is 14.4. The maximum Gasteiger partial charge on any atom is 0.255 e. The van der Waals surface area contributed by atoms with Gasteiger partial charge in [-0.15, -0.1) is 0 Å². The summed E-state index contributed by atoms with van der Waals surface area (Å²) in [7, 11) is 1.63. The van der Waals surface area contributed by atoms with Crippen LogP contribution in [0.5, 0.6) is 0 Å². The lowest BCUT2D eigenvalue weighted by Gasteiger charge is -2.01. The van der Waals surface area contributed by atoms with E-state index in [0.717, 1.165) is 18.4 Å². The molecule has 1 aliphatic carbocycles. The van der Waals surface area contributed by atoms with Gasteiger partial charge in [0.05, 0.1) is 22.9 Å². The highest BCUT2D eigenvalue weighted by Gasteiger charge is 2.25. The van der Waals surface area contributed by atoms with E-state index in [2.05, 4.69) is 32.3 Å². The van der Waals surface area contributed by atoms with Crippen molar-refractivity contribution >= 4 is 22.8 Å². The van der Waals surface area contributed by atoms with Gasteiger partial charge in [-0.25, -0.2) is 9.37 Å². The molecule has 8 heteroatoms. The fourth-order valence-electron chi connectivity index (χ4n) is 2.77. The van der Waals surface area contributed by atoms with Gasteiger partial charge in [-0.3, -0.25) is 9.89 Å². The Balaban J connectivity index is 1.75. The first kappa shape index (κ1) is 15.2. The van der Waals surface area contributed by atoms with Gasteiger partial charge in [0.1, 0.15) is 22.9 Å². The second-order valence-corrected chi connectivity index (χ2v) is 5.89. The Labute approximate surface area is 142 Å². The largest absolute Gasteiger partial charge is 0.373 e. The quantitative estimate of drug-likeness (QED) is 0.634. The van der Waals surface area contributed by atoms with E-state index in [-0.39, 0.29) is 16.8 Å². The molecule has 25 heavy (non-hydrogen) atoms. The number of halogens is 1. The van der Waals surface area contributed by atoms with E-state index in [0.29, 0.717) is 17.4 Å². The first-order chi connectivity index (χ1) is 12.1. The van der Waals surface area contributed by atoms with Crippen molar-refractivity contribution in [2.75, 3.05) is 12.4 Å². The molecule has 0 unspecified atom stereocenters. The minimum Gasteiger partial charge on any atom is -0.373 e. The number of carbonyl (C=O) groups is 1. The average Bonchev–Trinajstić information content (AvgIpc) is 3.21. The molecule has 2 heterocycles. The number of carbonyl (C=O) groups excluding carboxylic acids is 1. The standard InChI is InChI=1S/C17H15FN6O/c1-20-17-15(16(19)25)12(22-23-17)5-2-9-6-13-14(7-11(9)18)24(8-21-13)10-3-4-10/h6-8,10H,3-4H2,1H3,(H2,19,25)(H2,20,22,23). The zero-order valence-electron chi connectivity index (χ0n) is 13.4. The molecular formula is C17H15FN6O. The molecule has 1 fully saturated rings. The number of nitrogens with two attached hydrogens (primary N) is 1. The third kappa shape index (κ3) is 2.59. The lowest BCUT2D eigenvalue weighted by atomic mass is 10.1. The molecule has 4 N–H and O–H groups in total. The van der Waals surface area contributed by atoms with Gasteiger partial charge < -0.3 is 15.6 Å². The number of aromatic nitrogens is 4. The van der Waals surface area contributed by atoms with Gasteiger partial charge in [-0.1, -0.05) is 5.92 Å². The summed E-state index contributed by atoms with van der Waals surface area (Å²) in [6.45, 7) is 0. The molecule has 2 aromatic heterocycles. The van der Waals surface area contributed by atoms with Crippen molar-refractivity contribution in [3.63, 3.8) is 0 Å². The third-order valence-corrected chi connectivity index (χ3v) is 4.18. The monoisotopic (exact) mass is 338 g/mol. The molecule has 7 nitrogen and oxygen atoms in total. The SMILES string of the molecule is CNc1[nH]nc(C#Cc2cc3ncn(C4CC4)c3cc2F)c1C(N)=O. The second kappa shape index (κ2) is 5.63. The smallest absolute Gasteiger partial charge is 0.255 e. The van der Waals surface area contributed by atoms with Crippen molar-refractivity contribution in [3.05, 3.63) is 41.1 Å². The van der Waals surface area contributed by atoms with E-state index in [1.54, 1.807) is 19.4 Å². The molecule has 1 saturated carbocycles. The molecule has 0 radical (unpaired) electrons. The van der Waals surface area contributed by atoms with E-state index >= 15 is 0 Å². The molecule has 0 aliphatic heterocycles. The number of hydrogen-bond donors (Lipinski definition) is 3. The van der Waals surface area contributed by atoms with E-state index in [1.807, 2.05) is 4.57 Å². The van der Waals surface area contributed by atoms with Crippen molar-refractivity contribution in [1.29, 1.82) is 0 Å². The van der Waals surface area contributed by atoms with Crippen LogP contribution in [0.15, 0.2) is 18.5 Å². The summed E-state index contributed by atoms with van der Waals surface area (Å²) >= 11 is 0. The fourth-order valence-corrected chi connectivity index (χ4v) is 2.77. The molecule has 126 valence electrons. The van der Waals surface area contributed by atoms with Crippen LogP contribution < -0.4 is 11.1 Å². The summed E-state index contributed by atoms with van der Waals surface area (Å²) in [4.78, 5) is 15.9. The predicted molar refractivity (Wildman–Crippen MR) is 90.6 cm³/mol. The highest BCUT2D eigenvalue weighted by Crippen LogP contribution is 2.37. The Morgan fingerprint density at radius 2 is 2.24 bits per heavy atom. The first-order valence-electron chi connectivity index (χ1n) is 7.82. The number of hydrogen-bond acceptors (Lipinski definition) is 4. The summed E-state index contributed by atoms with van der Waals surface area (Å²) in [5, 5.41) is 9.36. The van der Waals surface area contributed by atoms with Crippen LogP contribution in [0.1, 0.15) is 40.5 Å². The zero-order valence-corrected chi connectivity index (χ0v) is 13.4. The summed E-state index contributed by atoms with van der Waals surface area (Å²) in [5.41, 5.74) is 7.31. The van der Waals surface area contributed by atoms with Crippen LogP contribution in [0.2, 0.25) is 0 Å². The number of nitrogens with zero attached hydrogens (tertiary/aromatic N) is 3. The number of nitrogens with one attached hydrogen (secondary N) is 2. The number of aromatic amines is 1. The second-order valence-electron chi connectivity index (χ2n) is 5.89. The van der Waals surface area contributed by atoms with Crippen LogP contribution in [0.4, 0.5) is 10.2 Å². The number of fused-ring (bicyclic) bond motifs is 1. The molecule has 1 aromatic carbocycles. The van der Waals surface area contributed by atoms with E-state index in [9.17, 15) is 9.18 Å². The lowest BCUT2D eigenvalue weighted by Crippen LogP contribution is -2.13. The Bertz CT molecular complexity index is 1050. The Kier molecular flexibility index (Phi) is 3.42. The van der Waals surface area contributed by atoms with Gasteiger partial charge in [0, 0.05) is 19.2 Å². The number of imidazole rings is 1. The fraction of sp³-hybridized carbons (Fsp3) is 0.235. The van der Waals surface area contributed by atoms with Crippen molar-refractivity contribution in [3.8, 4) is 11.8 Å². The van der Waals surface area contributed by atoms with E-state index in [1.165, 1.54) is 6.07 Å². The van der Waals surface area contributed by atoms with Crippen LogP contribution in [0, 0.1) is 17.7 Å². The summed E-state index contributed by atoms with van der Waals surface area (Å²) in [5.74, 6) is 4.69. The van der Waals surface area contributed by atoms with Crippen molar-refractivity contribution in [2.24, 2.45) is 5.73 Å². The molecule has 1 aliphatic rings. The Hall–Kier alpha value is -3.34. The maximum absolute atomic E-state index is 14.4. The summed E-state index contributed by atoms with van der Waals surface area (Å²) in [6, 6.07) is 3.47. The van der Waals surface area contributed by atoms with Crippen molar-refractivity contribution in [2.45, 2.75) is 18.9 Å². The van der Waals surface area contributed by atoms with Crippen molar-refractivity contribution < 1.29 is 9.18 Å². The number of primary amides is 1. The van der Waals surface area contributed by atoms with Crippen LogP contribution in [-0.2, 0) is 0 Å². The number of rotatable bonds is 3. The zero-order chi connectivity index (χ0) is 17.6. The van der Waals surface area contributed by atoms with Gasteiger partial charge >= 0.3 is 0 Å². The number of anilines is 1. The summed E-state index contributed by atoms with van der Waals surface area (Å²) < 4.78 is 16.4. The van der Waals surface area contributed by atoms with E-state index < -0.39 is 11.7 Å². The van der Waals surface area contributed by atoms with Gasteiger partial charge in [-0.05, 0) is 24.8 Å². The predicted octanol–water partition coefficient (Wildman–Crippen LogP) is 1.77. The molecule has 0 saturated heterocycles. The number of amides is 1. The van der Waals surface area contributed by atoms with Gasteiger partial charge in [-0.2, -0.15) is 5.10 Å². The first-order valence-corrected chi connectivity index (χ1v) is 7.82. The van der Waals surface area contributed by atoms with E-state index in [4.69, 9.17) is 5.73 Å². The number of H-pyrrole nitrogens is 1. The van der Waals surface area contributed by atoms with Crippen LogP contribution in [-0.4, -0.2) is 32.7 Å². The third-order valence-electron chi connectivity index (χ3n) is 4.18. The van der Waals surface area contributed by atoms with Gasteiger partial charge in [0.15, 0.2) is 0 Å². The molecule has 0 atom stereocenters. The lowest BCUT2D eigenvalue weighted by molar-refractivity contribution is 0.100. The minimum atomic E-state index is -0.665. The molecule has 0 spiro atoms. The highest BCUT2D eigenvalue weighted by atomic mass is 19.1. The van der Waals surface area contributed by atoms with Crippen LogP contribution in [0.3, 0.4) is 0 Å². The number of benzene rings is 1. The average molecular weight is 338 g/mol. The Morgan fingerprint density at radius 1 is 1.44 bits per heavy atom. The van der Waals surface area contributed by atoms with Crippen LogP contribution >= 0.6 is 0 Å². The van der Waals surface area contributed by atoms with Gasteiger partial charge in [0.2, 0.25) is 0 Å². The highest BCUT2D eigenvalue weighted by molar-refractivity contribution is 5.99. The van der Waals surface area contributed by atoms with Gasteiger partial charge in [0.25, 0.3) is 5.91 Å². The molecule has 3 aromatic rings. The normalized spacial score (nSPS) is 13.5. The van der Waals surface area contributed by atoms with Crippen molar-refractivity contribution in [1.82, 2.24) is 19.7 Å². The van der Waals surface area contributed by atoms with Crippen LogP contribution in [0.25, 0.3) is 11.0 Å². The minimum absolute atomic E-state index is 0.148. The molecule has 1 amide bonds. The molecule has 4 rings (SSSR count). The summed E-state index contributed by atoms with van der Waals surface area (Å²) in [6.07, 6.45) is 3.92.